The van der Waals surface area contributed by atoms with Crippen molar-refractivity contribution in [2.75, 3.05) is 5.32 Å². The summed E-state index contributed by atoms with van der Waals surface area (Å²) in [6.07, 6.45) is 4.85. The molecule has 0 bridgehead atoms. The smallest absolute Gasteiger partial charge is 0.258 e. The number of aryl methyl sites for hydroxylation is 2. The minimum absolute atomic E-state index is 0.0786. The molecule has 1 heterocycles. The molecule has 0 aliphatic heterocycles. The van der Waals surface area contributed by atoms with Gasteiger partial charge in [0, 0.05) is 10.0 Å². The fourth-order valence-electron chi connectivity index (χ4n) is 3.67. The van der Waals surface area contributed by atoms with Gasteiger partial charge in [0.1, 0.15) is 11.6 Å². The summed E-state index contributed by atoms with van der Waals surface area (Å²) >= 11 is 3.32. The van der Waals surface area contributed by atoms with Gasteiger partial charge in [-0.1, -0.05) is 24.3 Å². The van der Waals surface area contributed by atoms with Crippen molar-refractivity contribution in [1.29, 1.82) is 0 Å². The number of benzene rings is 2. The van der Waals surface area contributed by atoms with Crippen LogP contribution in [-0.2, 0) is 6.42 Å². The van der Waals surface area contributed by atoms with E-state index in [0.717, 1.165) is 24.8 Å². The van der Waals surface area contributed by atoms with E-state index in [9.17, 15) is 9.18 Å². The van der Waals surface area contributed by atoms with Crippen molar-refractivity contribution in [2.45, 2.75) is 32.2 Å². The van der Waals surface area contributed by atoms with Gasteiger partial charge in [0.05, 0.1) is 17.8 Å². The predicted octanol–water partition coefficient (Wildman–Crippen LogP) is 5.27. The van der Waals surface area contributed by atoms with Gasteiger partial charge in [0.2, 0.25) is 0 Å². The van der Waals surface area contributed by atoms with E-state index in [-0.39, 0.29) is 17.5 Å². The summed E-state index contributed by atoms with van der Waals surface area (Å²) in [5.74, 6) is -0.164. The van der Waals surface area contributed by atoms with Crippen LogP contribution in [0.3, 0.4) is 0 Å². The van der Waals surface area contributed by atoms with E-state index in [2.05, 4.69) is 44.5 Å². The lowest BCUT2D eigenvalue weighted by molar-refractivity contribution is 0.102. The Morgan fingerprint density at radius 3 is 2.96 bits per heavy atom. The number of hydrogen-bond acceptors (Lipinski definition) is 2. The zero-order valence-corrected chi connectivity index (χ0v) is 16.5. The lowest BCUT2D eigenvalue weighted by atomic mass is 9.88. The first-order valence-electron chi connectivity index (χ1n) is 8.93. The van der Waals surface area contributed by atoms with E-state index >= 15 is 0 Å². The Morgan fingerprint density at radius 1 is 1.30 bits per heavy atom. The topological polar surface area (TPSA) is 46.9 Å². The second kappa shape index (κ2) is 7.27. The number of carbonyl (C=O) groups excluding carboxylic acids is 1. The van der Waals surface area contributed by atoms with Gasteiger partial charge in [-0.25, -0.2) is 9.07 Å². The highest BCUT2D eigenvalue weighted by Gasteiger charge is 2.25. The lowest BCUT2D eigenvalue weighted by Crippen LogP contribution is -2.23. The average Bonchev–Trinajstić information content (AvgIpc) is 3.03. The number of fused-ring (bicyclic) bond motifs is 1. The fourth-order valence-corrected chi connectivity index (χ4v) is 4.10. The Bertz CT molecular complexity index is 1010. The Balaban J connectivity index is 1.69. The summed E-state index contributed by atoms with van der Waals surface area (Å²) in [5, 5.41) is 7.48. The van der Waals surface area contributed by atoms with Gasteiger partial charge in [-0.05, 0) is 71.4 Å². The highest BCUT2D eigenvalue weighted by Crippen LogP contribution is 2.35. The Hall–Kier alpha value is -2.47. The number of halogens is 2. The zero-order valence-electron chi connectivity index (χ0n) is 14.9. The van der Waals surface area contributed by atoms with Crippen LogP contribution in [-0.4, -0.2) is 15.7 Å². The number of nitrogens with one attached hydrogen (secondary N) is 1. The molecule has 0 spiro atoms. The van der Waals surface area contributed by atoms with Gasteiger partial charge in [-0.15, -0.1) is 0 Å². The maximum atomic E-state index is 13.6. The molecule has 1 N–H and O–H groups in total. The average molecular weight is 428 g/mol. The van der Waals surface area contributed by atoms with Crippen LogP contribution in [0.1, 0.15) is 45.9 Å². The molecule has 4 rings (SSSR count). The normalized spacial score (nSPS) is 16.0. The van der Waals surface area contributed by atoms with E-state index in [1.54, 1.807) is 6.20 Å². The molecule has 27 heavy (non-hydrogen) atoms. The van der Waals surface area contributed by atoms with Crippen LogP contribution in [0.4, 0.5) is 10.2 Å². The largest absolute Gasteiger partial charge is 0.306 e. The second-order valence-electron chi connectivity index (χ2n) is 6.81. The monoisotopic (exact) mass is 427 g/mol. The molecule has 0 saturated carbocycles. The SMILES string of the molecule is Cc1cnn(C2CCCc3ccccc32)c1NC(=O)c1cc(F)ccc1Br. The summed E-state index contributed by atoms with van der Waals surface area (Å²) in [7, 11) is 0. The Morgan fingerprint density at radius 2 is 2.11 bits per heavy atom. The van der Waals surface area contributed by atoms with Crippen LogP contribution in [0.25, 0.3) is 0 Å². The quantitative estimate of drug-likeness (QED) is 0.618. The third kappa shape index (κ3) is 3.41. The van der Waals surface area contributed by atoms with Gasteiger partial charge < -0.3 is 5.32 Å². The van der Waals surface area contributed by atoms with Crippen LogP contribution >= 0.6 is 15.9 Å². The molecule has 6 heteroatoms. The van der Waals surface area contributed by atoms with E-state index < -0.39 is 5.82 Å². The fraction of sp³-hybridized carbons (Fsp3) is 0.238. The maximum absolute atomic E-state index is 13.6. The van der Waals surface area contributed by atoms with Gasteiger partial charge in [-0.3, -0.25) is 4.79 Å². The maximum Gasteiger partial charge on any atom is 0.258 e. The van der Waals surface area contributed by atoms with Crippen LogP contribution in [0.2, 0.25) is 0 Å². The van der Waals surface area contributed by atoms with Crippen molar-refractivity contribution in [1.82, 2.24) is 9.78 Å². The predicted molar refractivity (Wildman–Crippen MR) is 107 cm³/mol. The Labute approximate surface area is 165 Å². The van der Waals surface area contributed by atoms with E-state index in [1.807, 2.05) is 17.7 Å². The van der Waals surface area contributed by atoms with Crippen molar-refractivity contribution < 1.29 is 9.18 Å². The molecule has 1 aliphatic carbocycles. The van der Waals surface area contributed by atoms with Crippen molar-refractivity contribution in [2.24, 2.45) is 0 Å². The molecule has 1 atom stereocenters. The van der Waals surface area contributed by atoms with Crippen molar-refractivity contribution in [3.8, 4) is 0 Å². The van der Waals surface area contributed by atoms with Gasteiger partial charge >= 0.3 is 0 Å². The van der Waals surface area contributed by atoms with Crippen LogP contribution in [0, 0.1) is 12.7 Å². The van der Waals surface area contributed by atoms with E-state index in [0.29, 0.717) is 10.3 Å². The third-order valence-electron chi connectivity index (χ3n) is 5.02. The molecular weight excluding hydrogens is 409 g/mol. The summed E-state index contributed by atoms with van der Waals surface area (Å²) in [6, 6.07) is 12.5. The molecule has 3 aromatic rings. The molecule has 4 nitrogen and oxygen atoms in total. The number of carbonyl (C=O) groups is 1. The van der Waals surface area contributed by atoms with Crippen LogP contribution < -0.4 is 5.32 Å². The summed E-state index contributed by atoms with van der Waals surface area (Å²) in [5.41, 5.74) is 3.70. The molecular formula is C21H19BrFN3O. The minimum Gasteiger partial charge on any atom is -0.306 e. The molecule has 138 valence electrons. The molecule has 1 aromatic heterocycles. The zero-order chi connectivity index (χ0) is 19.0. The van der Waals surface area contributed by atoms with Crippen molar-refractivity contribution in [3.05, 3.63) is 81.2 Å². The van der Waals surface area contributed by atoms with Gasteiger partial charge in [0.15, 0.2) is 0 Å². The second-order valence-corrected chi connectivity index (χ2v) is 7.66. The van der Waals surface area contributed by atoms with Crippen LogP contribution in [0.15, 0.2) is 53.1 Å². The number of aromatic nitrogens is 2. The Kier molecular flexibility index (Phi) is 4.83. The molecule has 0 fully saturated rings. The standard InChI is InChI=1S/C21H19BrFN3O/c1-13-12-24-26(19-8-4-6-14-5-2-3-7-16(14)19)20(13)25-21(27)17-11-15(23)9-10-18(17)22/h2-3,5,7,9-12,19H,4,6,8H2,1H3,(H,25,27). The summed E-state index contributed by atoms with van der Waals surface area (Å²) < 4.78 is 16.0. The van der Waals surface area contributed by atoms with E-state index in [1.165, 1.54) is 29.3 Å². The highest BCUT2D eigenvalue weighted by molar-refractivity contribution is 9.10. The van der Waals surface area contributed by atoms with E-state index in [4.69, 9.17) is 0 Å². The number of hydrogen-bond donors (Lipinski definition) is 1. The molecule has 0 saturated heterocycles. The van der Waals surface area contributed by atoms with Crippen LogP contribution in [0.5, 0.6) is 0 Å². The molecule has 1 amide bonds. The molecule has 1 aliphatic rings. The first-order chi connectivity index (χ1) is 13.0. The number of rotatable bonds is 3. The first-order valence-corrected chi connectivity index (χ1v) is 9.72. The van der Waals surface area contributed by atoms with Crippen molar-refractivity contribution in [3.63, 3.8) is 0 Å². The first kappa shape index (κ1) is 17.9. The summed E-state index contributed by atoms with van der Waals surface area (Å²) in [4.78, 5) is 12.8. The molecule has 2 aromatic carbocycles. The minimum atomic E-state index is -0.449. The number of anilines is 1. The number of nitrogens with zero attached hydrogens (tertiary/aromatic N) is 2. The number of amides is 1. The molecule has 0 radical (unpaired) electrons. The molecule has 1 unspecified atom stereocenters. The van der Waals surface area contributed by atoms with Crippen molar-refractivity contribution >= 4 is 27.7 Å². The van der Waals surface area contributed by atoms with Gasteiger partial charge in [0.25, 0.3) is 5.91 Å². The lowest BCUT2D eigenvalue weighted by Gasteiger charge is -2.27. The third-order valence-corrected chi connectivity index (χ3v) is 5.71. The highest BCUT2D eigenvalue weighted by atomic mass is 79.9. The van der Waals surface area contributed by atoms with Gasteiger partial charge in [-0.2, -0.15) is 5.10 Å². The summed E-state index contributed by atoms with van der Waals surface area (Å²) in [6.45, 7) is 1.91.